The molecular formula is C32H47BrN6O2. The highest BCUT2D eigenvalue weighted by atomic mass is 79.9. The van der Waals surface area contributed by atoms with E-state index in [-0.39, 0.29) is 0 Å². The first kappa shape index (κ1) is 31.4. The Hall–Kier alpha value is -2.51. The fraction of sp³-hybridized carbons (Fsp3) is 0.594. The van der Waals surface area contributed by atoms with Gasteiger partial charge in [0.15, 0.2) is 0 Å². The second kappa shape index (κ2) is 17.4. The number of hydrogen-bond acceptors (Lipinski definition) is 8. The van der Waals surface area contributed by atoms with Gasteiger partial charge in [0.05, 0.1) is 30.7 Å². The molecule has 6 rings (SSSR count). The van der Waals surface area contributed by atoms with Gasteiger partial charge in [-0.2, -0.15) is 5.26 Å². The van der Waals surface area contributed by atoms with Crippen LogP contribution in [-0.4, -0.2) is 88.9 Å². The van der Waals surface area contributed by atoms with Crippen LogP contribution in [0.1, 0.15) is 36.8 Å². The molecule has 4 aliphatic rings. The first-order chi connectivity index (χ1) is 20.2. The SMILES string of the molecule is N#CCCCBr.NCCCCN1CCN(c2cccc3c2OCC3)CC1.c1cc2c(c(N3CCNCC3)c1)OCC2. The van der Waals surface area contributed by atoms with Crippen molar-refractivity contribution in [3.8, 4) is 17.6 Å². The fourth-order valence-corrected chi connectivity index (χ4v) is 5.92. The minimum Gasteiger partial charge on any atom is -0.491 e. The highest BCUT2D eigenvalue weighted by Crippen LogP contribution is 2.37. The summed E-state index contributed by atoms with van der Waals surface area (Å²) in [6.07, 6.45) is 6.12. The fourth-order valence-electron chi connectivity index (χ4n) is 5.64. The van der Waals surface area contributed by atoms with Crippen LogP contribution in [0.4, 0.5) is 11.4 Å². The quantitative estimate of drug-likeness (QED) is 0.333. The second-order valence-electron chi connectivity index (χ2n) is 10.7. The molecule has 9 heteroatoms. The van der Waals surface area contributed by atoms with Gasteiger partial charge in [0.2, 0.25) is 0 Å². The summed E-state index contributed by atoms with van der Waals surface area (Å²) in [6, 6.07) is 15.1. The molecule has 3 N–H and O–H groups in total. The van der Waals surface area contributed by atoms with E-state index >= 15 is 0 Å². The number of ether oxygens (including phenoxy) is 2. The molecule has 0 unspecified atom stereocenters. The average molecular weight is 628 g/mol. The summed E-state index contributed by atoms with van der Waals surface area (Å²) in [4.78, 5) is 7.44. The third kappa shape index (κ3) is 9.24. The van der Waals surface area contributed by atoms with E-state index in [1.165, 1.54) is 35.5 Å². The van der Waals surface area contributed by atoms with Crippen molar-refractivity contribution in [1.29, 1.82) is 5.26 Å². The van der Waals surface area contributed by atoms with Crippen LogP contribution in [0.25, 0.3) is 0 Å². The van der Waals surface area contributed by atoms with Crippen LogP contribution >= 0.6 is 15.9 Å². The Balaban J connectivity index is 0.000000162. The van der Waals surface area contributed by atoms with E-state index < -0.39 is 0 Å². The minimum absolute atomic E-state index is 0.672. The first-order valence-electron chi connectivity index (χ1n) is 15.3. The lowest BCUT2D eigenvalue weighted by Gasteiger charge is -2.36. The molecule has 41 heavy (non-hydrogen) atoms. The maximum atomic E-state index is 7.93. The highest BCUT2D eigenvalue weighted by molar-refractivity contribution is 9.09. The molecule has 0 spiro atoms. The molecule has 4 heterocycles. The molecule has 0 bridgehead atoms. The third-order valence-electron chi connectivity index (χ3n) is 7.91. The molecule has 0 aromatic heterocycles. The molecule has 224 valence electrons. The zero-order valence-corrected chi connectivity index (χ0v) is 26.0. The van der Waals surface area contributed by atoms with E-state index in [0.717, 1.165) is 115 Å². The number of para-hydroxylation sites is 2. The molecule has 2 saturated heterocycles. The Morgan fingerprint density at radius 3 is 1.90 bits per heavy atom. The third-order valence-corrected chi connectivity index (χ3v) is 8.47. The number of rotatable bonds is 8. The molecule has 4 aliphatic heterocycles. The van der Waals surface area contributed by atoms with E-state index in [1.54, 1.807) is 0 Å². The number of nitrogens with zero attached hydrogens (tertiary/aromatic N) is 4. The highest BCUT2D eigenvalue weighted by Gasteiger charge is 2.23. The number of alkyl halides is 1. The standard InChI is InChI=1S/C16H25N3O.C12H16N2O.C4H6BrN/c17-7-1-2-8-18-9-11-19(12-10-18)15-5-3-4-14-6-13-20-16(14)15;1-2-10-4-9-15-12(10)11(3-1)14-7-5-13-6-8-14;5-3-1-2-4-6/h3-5H,1-2,6-13,17H2;1-3,13H,4-9H2;1-3H2. The summed E-state index contributed by atoms with van der Waals surface area (Å²) in [7, 11) is 0. The van der Waals surface area contributed by atoms with Gasteiger partial charge in [0, 0.05) is 77.0 Å². The van der Waals surface area contributed by atoms with Crippen LogP contribution in [0.5, 0.6) is 11.5 Å². The Morgan fingerprint density at radius 2 is 1.39 bits per heavy atom. The van der Waals surface area contributed by atoms with E-state index in [4.69, 9.17) is 20.5 Å². The minimum atomic E-state index is 0.672. The van der Waals surface area contributed by atoms with Gasteiger partial charge in [-0.05, 0) is 55.6 Å². The zero-order valence-electron chi connectivity index (χ0n) is 24.5. The number of piperazine rings is 2. The van der Waals surface area contributed by atoms with Crippen LogP contribution in [-0.2, 0) is 12.8 Å². The predicted octanol–water partition coefficient (Wildman–Crippen LogP) is 4.20. The molecule has 2 aromatic carbocycles. The molecular weight excluding hydrogens is 580 g/mol. The zero-order chi connectivity index (χ0) is 28.7. The lowest BCUT2D eigenvalue weighted by Crippen LogP contribution is -2.46. The second-order valence-corrected chi connectivity index (χ2v) is 11.5. The number of unbranched alkanes of at least 4 members (excludes halogenated alkanes) is 2. The summed E-state index contributed by atoms with van der Waals surface area (Å²) in [5.74, 6) is 2.25. The largest absolute Gasteiger partial charge is 0.491 e. The average Bonchev–Trinajstić information content (AvgIpc) is 3.72. The number of nitrogens with two attached hydrogens (primary N) is 1. The van der Waals surface area contributed by atoms with Crippen LogP contribution in [0.3, 0.4) is 0 Å². The number of anilines is 2. The number of benzene rings is 2. The Labute approximate surface area is 254 Å². The van der Waals surface area contributed by atoms with Crippen molar-refractivity contribution >= 4 is 27.3 Å². The monoisotopic (exact) mass is 626 g/mol. The van der Waals surface area contributed by atoms with Gasteiger partial charge in [0.1, 0.15) is 11.5 Å². The summed E-state index contributed by atoms with van der Waals surface area (Å²) in [5, 5.41) is 12.2. The lowest BCUT2D eigenvalue weighted by atomic mass is 10.1. The van der Waals surface area contributed by atoms with Crippen LogP contribution < -0.4 is 30.3 Å². The molecule has 8 nitrogen and oxygen atoms in total. The number of hydrogen-bond donors (Lipinski definition) is 2. The van der Waals surface area contributed by atoms with Crippen molar-refractivity contribution in [2.75, 3.05) is 93.8 Å². The molecule has 0 saturated carbocycles. The summed E-state index contributed by atoms with van der Waals surface area (Å²) >= 11 is 3.20. The number of halogens is 1. The molecule has 2 aromatic rings. The smallest absolute Gasteiger partial charge is 0.145 e. The van der Waals surface area contributed by atoms with E-state index in [1.807, 2.05) is 6.07 Å². The molecule has 0 amide bonds. The van der Waals surface area contributed by atoms with Gasteiger partial charge in [-0.25, -0.2) is 0 Å². The van der Waals surface area contributed by atoms with Crippen molar-refractivity contribution in [2.24, 2.45) is 5.73 Å². The number of fused-ring (bicyclic) bond motifs is 2. The van der Waals surface area contributed by atoms with Crippen molar-refractivity contribution in [2.45, 2.75) is 38.5 Å². The van der Waals surface area contributed by atoms with Gasteiger partial charge in [-0.3, -0.25) is 4.90 Å². The summed E-state index contributed by atoms with van der Waals surface area (Å²) in [5.41, 5.74) is 10.9. The molecule has 0 radical (unpaired) electrons. The molecule has 2 fully saturated rings. The van der Waals surface area contributed by atoms with Crippen molar-refractivity contribution < 1.29 is 9.47 Å². The first-order valence-corrected chi connectivity index (χ1v) is 16.4. The van der Waals surface area contributed by atoms with Crippen molar-refractivity contribution in [1.82, 2.24) is 10.2 Å². The lowest BCUT2D eigenvalue weighted by molar-refractivity contribution is 0.252. The van der Waals surface area contributed by atoms with Crippen molar-refractivity contribution in [3.05, 3.63) is 47.5 Å². The Morgan fingerprint density at radius 1 is 0.805 bits per heavy atom. The predicted molar refractivity (Wildman–Crippen MR) is 172 cm³/mol. The van der Waals surface area contributed by atoms with Gasteiger partial charge < -0.3 is 30.3 Å². The van der Waals surface area contributed by atoms with Gasteiger partial charge in [0.25, 0.3) is 0 Å². The van der Waals surface area contributed by atoms with Crippen molar-refractivity contribution in [3.63, 3.8) is 0 Å². The van der Waals surface area contributed by atoms with Gasteiger partial charge >= 0.3 is 0 Å². The Bertz CT molecular complexity index is 1100. The Kier molecular flexibility index (Phi) is 13.4. The van der Waals surface area contributed by atoms with Gasteiger partial charge in [-0.1, -0.05) is 40.2 Å². The molecule has 0 aliphatic carbocycles. The van der Waals surface area contributed by atoms with E-state index in [9.17, 15) is 0 Å². The van der Waals surface area contributed by atoms with E-state index in [0.29, 0.717) is 6.42 Å². The van der Waals surface area contributed by atoms with Crippen LogP contribution in [0.2, 0.25) is 0 Å². The topological polar surface area (TPSA) is 90.0 Å². The maximum Gasteiger partial charge on any atom is 0.145 e. The van der Waals surface area contributed by atoms with Gasteiger partial charge in [-0.15, -0.1) is 0 Å². The summed E-state index contributed by atoms with van der Waals surface area (Å²) in [6.45, 7) is 12.5. The molecule has 0 atom stereocenters. The van der Waals surface area contributed by atoms with E-state index in [2.05, 4.69) is 72.3 Å². The summed E-state index contributed by atoms with van der Waals surface area (Å²) < 4.78 is 11.5. The number of nitriles is 1. The number of nitrogens with one attached hydrogen (secondary N) is 1. The van der Waals surface area contributed by atoms with Crippen LogP contribution in [0, 0.1) is 11.3 Å². The maximum absolute atomic E-state index is 7.93. The van der Waals surface area contributed by atoms with Crippen LogP contribution in [0.15, 0.2) is 36.4 Å². The normalized spacial score (nSPS) is 17.6.